The number of piperidine rings is 1. The molecule has 156 valence electrons. The van der Waals surface area contributed by atoms with Gasteiger partial charge in [-0.05, 0) is 62.2 Å². The Morgan fingerprint density at radius 1 is 1.24 bits per heavy atom. The first-order valence-electron chi connectivity index (χ1n) is 10.0. The van der Waals surface area contributed by atoms with Crippen molar-refractivity contribution in [3.8, 4) is 11.5 Å². The number of carbonyl (C=O) groups is 1. The molecule has 1 atom stereocenters. The Labute approximate surface area is 171 Å². The van der Waals surface area contributed by atoms with Gasteiger partial charge in [-0.15, -0.1) is 0 Å². The van der Waals surface area contributed by atoms with Crippen LogP contribution in [0, 0.1) is 11.7 Å². The van der Waals surface area contributed by atoms with Crippen LogP contribution in [0.2, 0.25) is 0 Å². The van der Waals surface area contributed by atoms with Crippen LogP contribution >= 0.6 is 0 Å². The molecule has 0 bridgehead atoms. The monoisotopic (exact) mass is 401 g/mol. The van der Waals surface area contributed by atoms with Gasteiger partial charge in [0.2, 0.25) is 0 Å². The van der Waals surface area contributed by atoms with E-state index in [1.165, 1.54) is 19.2 Å². The fourth-order valence-electron chi connectivity index (χ4n) is 3.88. The minimum absolute atomic E-state index is 0.0287. The van der Waals surface area contributed by atoms with Gasteiger partial charge in [-0.25, -0.2) is 4.39 Å². The minimum Gasteiger partial charge on any atom is -0.494 e. The molecule has 0 saturated carbocycles. The van der Waals surface area contributed by atoms with E-state index in [-0.39, 0.29) is 24.1 Å². The highest BCUT2D eigenvalue weighted by Gasteiger charge is 2.27. The average Bonchev–Trinajstić information content (AvgIpc) is 2.74. The van der Waals surface area contributed by atoms with Crippen LogP contribution in [0.1, 0.15) is 41.3 Å². The molecule has 29 heavy (non-hydrogen) atoms. The zero-order valence-corrected chi connectivity index (χ0v) is 17.0. The van der Waals surface area contributed by atoms with Crippen LogP contribution in [0.3, 0.4) is 0 Å². The summed E-state index contributed by atoms with van der Waals surface area (Å²) in [5, 5.41) is 9.60. The van der Waals surface area contributed by atoms with Crippen LogP contribution in [0.4, 0.5) is 4.39 Å². The maximum Gasteiger partial charge on any atom is 0.167 e. The van der Waals surface area contributed by atoms with Gasteiger partial charge in [0.1, 0.15) is 5.75 Å². The molecule has 0 aromatic heterocycles. The number of carbonyl (C=O) groups excluding carboxylic acids is 1. The van der Waals surface area contributed by atoms with E-state index in [9.17, 15) is 14.3 Å². The van der Waals surface area contributed by atoms with Crippen molar-refractivity contribution in [1.82, 2.24) is 4.90 Å². The molecule has 0 amide bonds. The maximum atomic E-state index is 14.0. The van der Waals surface area contributed by atoms with Crippen molar-refractivity contribution in [3.63, 3.8) is 0 Å². The molecule has 1 unspecified atom stereocenters. The highest BCUT2D eigenvalue weighted by Crippen LogP contribution is 2.26. The lowest BCUT2D eigenvalue weighted by atomic mass is 9.89. The van der Waals surface area contributed by atoms with Crippen LogP contribution in [0.15, 0.2) is 36.4 Å². The lowest BCUT2D eigenvalue weighted by Gasteiger charge is -2.32. The number of rotatable bonds is 8. The quantitative estimate of drug-likeness (QED) is 0.682. The van der Waals surface area contributed by atoms with Crippen LogP contribution in [0.25, 0.3) is 0 Å². The molecule has 6 heteroatoms. The van der Waals surface area contributed by atoms with Gasteiger partial charge in [0.15, 0.2) is 17.3 Å². The largest absolute Gasteiger partial charge is 0.494 e. The number of aliphatic hydroxyl groups excluding tert-OH is 1. The molecule has 1 saturated heterocycles. The third-order valence-corrected chi connectivity index (χ3v) is 5.31. The SMILES string of the molecule is CCOc1ccc(CN2CCCC(C(=O)c3ccc(OC)c(F)c3)C2)cc1CO. The molecular weight excluding hydrogens is 373 g/mol. The molecule has 1 heterocycles. The number of ether oxygens (including phenoxy) is 2. The fraction of sp³-hybridized carbons (Fsp3) is 0.435. The van der Waals surface area contributed by atoms with E-state index in [4.69, 9.17) is 9.47 Å². The minimum atomic E-state index is -0.517. The molecule has 0 spiro atoms. The summed E-state index contributed by atoms with van der Waals surface area (Å²) in [6, 6.07) is 10.2. The highest BCUT2D eigenvalue weighted by atomic mass is 19.1. The van der Waals surface area contributed by atoms with E-state index in [0.29, 0.717) is 31.0 Å². The molecule has 1 aliphatic rings. The molecule has 1 aliphatic heterocycles. The summed E-state index contributed by atoms with van der Waals surface area (Å²) in [6.45, 7) is 4.62. The third-order valence-electron chi connectivity index (χ3n) is 5.31. The molecule has 2 aromatic rings. The average molecular weight is 401 g/mol. The topological polar surface area (TPSA) is 59.0 Å². The molecular formula is C23H28FNO4. The maximum absolute atomic E-state index is 14.0. The number of Topliss-reactive ketones (excluding diaryl/α,β-unsaturated/α-hetero) is 1. The third kappa shape index (κ3) is 5.14. The number of likely N-dealkylation sites (tertiary alicyclic amines) is 1. The zero-order valence-electron chi connectivity index (χ0n) is 17.0. The lowest BCUT2D eigenvalue weighted by molar-refractivity contribution is 0.0811. The first kappa shape index (κ1) is 21.3. The standard InChI is InChI=1S/C23H28FNO4/c1-3-29-21-8-6-16(11-19(21)15-26)13-25-10-4-5-18(14-25)23(27)17-7-9-22(28-2)20(24)12-17/h6-9,11-12,18,26H,3-5,10,13-15H2,1-2H3. The summed E-state index contributed by atoms with van der Waals surface area (Å²) in [7, 11) is 1.40. The summed E-state index contributed by atoms with van der Waals surface area (Å²) >= 11 is 0. The fourth-order valence-corrected chi connectivity index (χ4v) is 3.88. The second-order valence-electron chi connectivity index (χ2n) is 7.32. The van der Waals surface area contributed by atoms with E-state index in [1.807, 2.05) is 25.1 Å². The van der Waals surface area contributed by atoms with Crippen LogP contribution in [0.5, 0.6) is 11.5 Å². The van der Waals surface area contributed by atoms with E-state index in [2.05, 4.69) is 4.90 Å². The molecule has 1 N–H and O–H groups in total. The van der Waals surface area contributed by atoms with Crippen molar-refractivity contribution in [2.75, 3.05) is 26.8 Å². The van der Waals surface area contributed by atoms with Gasteiger partial charge >= 0.3 is 0 Å². The summed E-state index contributed by atoms with van der Waals surface area (Å²) in [4.78, 5) is 15.1. The predicted molar refractivity (Wildman–Crippen MR) is 109 cm³/mol. The van der Waals surface area contributed by atoms with E-state index >= 15 is 0 Å². The first-order chi connectivity index (χ1) is 14.0. The number of hydrogen-bond donors (Lipinski definition) is 1. The molecule has 3 rings (SSSR count). The Kier molecular flexibility index (Phi) is 7.23. The van der Waals surface area contributed by atoms with Crippen LogP contribution in [-0.2, 0) is 13.2 Å². The van der Waals surface area contributed by atoms with E-state index < -0.39 is 5.82 Å². The number of halogens is 1. The van der Waals surface area contributed by atoms with Crippen LogP contribution < -0.4 is 9.47 Å². The van der Waals surface area contributed by atoms with Crippen molar-refractivity contribution in [2.24, 2.45) is 5.92 Å². The van der Waals surface area contributed by atoms with E-state index in [0.717, 1.165) is 30.5 Å². The zero-order chi connectivity index (χ0) is 20.8. The molecule has 5 nitrogen and oxygen atoms in total. The van der Waals surface area contributed by atoms with Gasteiger partial charge in [-0.3, -0.25) is 9.69 Å². The Bertz CT molecular complexity index is 855. The Morgan fingerprint density at radius 2 is 2.03 bits per heavy atom. The van der Waals surface area contributed by atoms with Gasteiger partial charge in [-0.1, -0.05) is 6.07 Å². The number of ketones is 1. The van der Waals surface area contributed by atoms with Crippen molar-refractivity contribution in [1.29, 1.82) is 0 Å². The summed E-state index contributed by atoms with van der Waals surface area (Å²) in [6.07, 6.45) is 1.72. The van der Waals surface area contributed by atoms with Gasteiger partial charge in [0.25, 0.3) is 0 Å². The number of hydrogen-bond acceptors (Lipinski definition) is 5. The lowest BCUT2D eigenvalue weighted by Crippen LogP contribution is -2.38. The number of methoxy groups -OCH3 is 1. The summed E-state index contributed by atoms with van der Waals surface area (Å²) in [5.74, 6) is 0.140. The molecule has 0 aliphatic carbocycles. The van der Waals surface area contributed by atoms with Crippen molar-refractivity contribution >= 4 is 5.78 Å². The smallest absolute Gasteiger partial charge is 0.167 e. The van der Waals surface area contributed by atoms with Gasteiger partial charge in [-0.2, -0.15) is 0 Å². The van der Waals surface area contributed by atoms with Gasteiger partial charge < -0.3 is 14.6 Å². The normalized spacial score (nSPS) is 17.2. The van der Waals surface area contributed by atoms with Crippen molar-refractivity contribution < 1.29 is 23.8 Å². The number of aliphatic hydroxyl groups is 1. The second kappa shape index (κ2) is 9.85. The van der Waals surface area contributed by atoms with Crippen molar-refractivity contribution in [3.05, 3.63) is 58.9 Å². The van der Waals surface area contributed by atoms with Gasteiger partial charge in [0, 0.05) is 30.1 Å². The summed E-state index contributed by atoms with van der Waals surface area (Å²) in [5.41, 5.74) is 2.22. The Balaban J connectivity index is 1.67. The number of benzene rings is 2. The molecule has 1 fully saturated rings. The van der Waals surface area contributed by atoms with Gasteiger partial charge in [0.05, 0.1) is 20.3 Å². The van der Waals surface area contributed by atoms with Crippen LogP contribution in [-0.4, -0.2) is 42.6 Å². The summed E-state index contributed by atoms with van der Waals surface area (Å²) < 4.78 is 24.5. The molecule has 2 aromatic carbocycles. The number of nitrogens with zero attached hydrogens (tertiary/aromatic N) is 1. The Hall–Kier alpha value is -2.44. The highest BCUT2D eigenvalue weighted by molar-refractivity contribution is 5.98. The van der Waals surface area contributed by atoms with Crippen molar-refractivity contribution in [2.45, 2.75) is 32.9 Å². The van der Waals surface area contributed by atoms with E-state index in [1.54, 1.807) is 6.07 Å². The predicted octanol–water partition coefficient (Wildman–Crippen LogP) is 3.82. The second-order valence-corrected chi connectivity index (χ2v) is 7.32. The first-order valence-corrected chi connectivity index (χ1v) is 10.0. The molecule has 0 radical (unpaired) electrons. The Morgan fingerprint density at radius 3 is 2.72 bits per heavy atom.